The molecule has 0 bridgehead atoms. The molecule has 21 heavy (non-hydrogen) atoms. The smallest absolute Gasteiger partial charge is 0.316 e. The Morgan fingerprint density at radius 1 is 1.62 bits per heavy atom. The van der Waals surface area contributed by atoms with E-state index in [4.69, 9.17) is 9.26 Å². The molecule has 2 heterocycles. The number of nitrogens with zero attached hydrogens (tertiary/aromatic N) is 5. The van der Waals surface area contributed by atoms with Crippen LogP contribution in [0.4, 0.5) is 5.69 Å². The lowest BCUT2D eigenvalue weighted by molar-refractivity contribution is -0.385. The Morgan fingerprint density at radius 3 is 3.10 bits per heavy atom. The number of hydrogen-bond donors (Lipinski definition) is 1. The number of amides is 1. The summed E-state index contributed by atoms with van der Waals surface area (Å²) in [4.78, 5) is 25.4. The molecular weight excluding hydrogens is 284 g/mol. The molecule has 2 rings (SSSR count). The topological polar surface area (TPSA) is 138 Å². The van der Waals surface area contributed by atoms with Crippen molar-refractivity contribution in [3.05, 3.63) is 34.2 Å². The molecule has 2 aromatic rings. The molecule has 1 amide bonds. The average Bonchev–Trinajstić information content (AvgIpc) is 3.09. The van der Waals surface area contributed by atoms with E-state index >= 15 is 0 Å². The zero-order valence-corrected chi connectivity index (χ0v) is 11.1. The van der Waals surface area contributed by atoms with Crippen molar-refractivity contribution in [3.63, 3.8) is 0 Å². The first kappa shape index (κ1) is 14.6. The van der Waals surface area contributed by atoms with Crippen molar-refractivity contribution < 1.29 is 19.0 Å². The fourth-order valence-electron chi connectivity index (χ4n) is 1.43. The third-order valence-electron chi connectivity index (χ3n) is 2.39. The van der Waals surface area contributed by atoms with Crippen LogP contribution in [0.15, 0.2) is 16.9 Å². The van der Waals surface area contributed by atoms with E-state index in [0.29, 0.717) is 13.2 Å². The maximum absolute atomic E-state index is 11.6. The third-order valence-corrected chi connectivity index (χ3v) is 2.39. The molecule has 0 aliphatic heterocycles. The summed E-state index contributed by atoms with van der Waals surface area (Å²) >= 11 is 0. The highest BCUT2D eigenvalue weighted by molar-refractivity contribution is 5.89. The predicted molar refractivity (Wildman–Crippen MR) is 66.5 cm³/mol. The molecule has 112 valence electrons. The van der Waals surface area contributed by atoms with Gasteiger partial charge in [0.25, 0.3) is 0 Å². The first-order valence-corrected chi connectivity index (χ1v) is 5.86. The molecule has 0 aromatic carbocycles. The van der Waals surface area contributed by atoms with Crippen molar-refractivity contribution in [2.75, 3.05) is 20.3 Å². The predicted octanol–water partition coefficient (Wildman–Crippen LogP) is -0.401. The van der Waals surface area contributed by atoms with Crippen LogP contribution in [0.1, 0.15) is 16.5 Å². The van der Waals surface area contributed by atoms with Gasteiger partial charge in [0.2, 0.25) is 0 Å². The number of methoxy groups -OCH3 is 1. The highest BCUT2D eigenvalue weighted by Gasteiger charge is 2.16. The molecule has 1 N–H and O–H groups in total. The number of hydrogen-bond acceptors (Lipinski definition) is 8. The highest BCUT2D eigenvalue weighted by Crippen LogP contribution is 2.09. The maximum atomic E-state index is 11.6. The molecule has 11 heteroatoms. The van der Waals surface area contributed by atoms with Gasteiger partial charge in [0.15, 0.2) is 5.82 Å². The van der Waals surface area contributed by atoms with Crippen molar-refractivity contribution in [2.24, 2.45) is 0 Å². The van der Waals surface area contributed by atoms with Crippen LogP contribution in [0.2, 0.25) is 0 Å². The Kier molecular flexibility index (Phi) is 4.56. The second-order valence-corrected chi connectivity index (χ2v) is 3.92. The van der Waals surface area contributed by atoms with E-state index in [1.807, 2.05) is 0 Å². The Morgan fingerprint density at radius 2 is 2.43 bits per heavy atom. The average molecular weight is 296 g/mol. The van der Waals surface area contributed by atoms with Gasteiger partial charge in [-0.2, -0.15) is 10.1 Å². The molecule has 0 aliphatic carbocycles. The molecule has 0 unspecified atom stereocenters. The van der Waals surface area contributed by atoms with Crippen LogP contribution in [-0.2, 0) is 11.3 Å². The number of carbonyl (C=O) groups is 1. The zero-order valence-electron chi connectivity index (χ0n) is 11.1. The summed E-state index contributed by atoms with van der Waals surface area (Å²) < 4.78 is 10.9. The van der Waals surface area contributed by atoms with Crippen LogP contribution in [0.25, 0.3) is 0 Å². The van der Waals surface area contributed by atoms with E-state index in [0.717, 1.165) is 6.20 Å². The summed E-state index contributed by atoms with van der Waals surface area (Å²) in [5.41, 5.74) is -0.143. The minimum absolute atomic E-state index is 0.0582. The van der Waals surface area contributed by atoms with Gasteiger partial charge in [-0.1, -0.05) is 5.16 Å². The van der Waals surface area contributed by atoms with Crippen molar-refractivity contribution >= 4 is 11.6 Å². The minimum Gasteiger partial charge on any atom is -0.383 e. The van der Waals surface area contributed by atoms with Crippen molar-refractivity contribution in [2.45, 2.75) is 6.54 Å². The number of carbonyl (C=O) groups excluding carboxylic acids is 1. The fraction of sp³-hybridized carbons (Fsp3) is 0.400. The Hall–Kier alpha value is -2.82. The van der Waals surface area contributed by atoms with Crippen LogP contribution in [0, 0.1) is 10.1 Å². The van der Waals surface area contributed by atoms with Gasteiger partial charge in [0.1, 0.15) is 18.9 Å². The van der Waals surface area contributed by atoms with Crippen LogP contribution in [0.5, 0.6) is 0 Å². The molecule has 0 radical (unpaired) electrons. The van der Waals surface area contributed by atoms with Gasteiger partial charge in [0.05, 0.1) is 11.5 Å². The van der Waals surface area contributed by atoms with Crippen LogP contribution in [-0.4, -0.2) is 51.0 Å². The lowest BCUT2D eigenvalue weighted by atomic mass is 10.5. The normalized spacial score (nSPS) is 10.5. The van der Waals surface area contributed by atoms with Gasteiger partial charge in [-0.3, -0.25) is 19.6 Å². The van der Waals surface area contributed by atoms with Gasteiger partial charge in [-0.25, -0.2) is 0 Å². The molecule has 0 saturated carbocycles. The SMILES string of the molecule is COCCNC(=O)c1nc(Cn2cc([N+](=O)[O-])cn2)no1. The van der Waals surface area contributed by atoms with Crippen LogP contribution < -0.4 is 5.32 Å². The van der Waals surface area contributed by atoms with E-state index in [-0.39, 0.29) is 23.9 Å². The Bertz CT molecular complexity index is 635. The lowest BCUT2D eigenvalue weighted by Gasteiger charge is -1.99. The summed E-state index contributed by atoms with van der Waals surface area (Å²) in [5, 5.41) is 20.4. The van der Waals surface area contributed by atoms with Gasteiger partial charge < -0.3 is 14.6 Å². The first-order chi connectivity index (χ1) is 10.1. The molecule has 2 aromatic heterocycles. The third kappa shape index (κ3) is 3.82. The molecule has 0 saturated heterocycles. The van der Waals surface area contributed by atoms with Gasteiger partial charge in [-0.15, -0.1) is 0 Å². The number of rotatable bonds is 7. The highest BCUT2D eigenvalue weighted by atomic mass is 16.6. The zero-order chi connectivity index (χ0) is 15.2. The van der Waals surface area contributed by atoms with Crippen molar-refractivity contribution in [3.8, 4) is 0 Å². The molecule has 0 aliphatic rings. The first-order valence-electron chi connectivity index (χ1n) is 5.86. The van der Waals surface area contributed by atoms with Gasteiger partial charge in [-0.05, 0) is 0 Å². The fourth-order valence-corrected chi connectivity index (χ4v) is 1.43. The van der Waals surface area contributed by atoms with E-state index in [1.165, 1.54) is 18.0 Å². The van der Waals surface area contributed by atoms with E-state index in [1.54, 1.807) is 0 Å². The summed E-state index contributed by atoms with van der Waals surface area (Å²) in [6, 6.07) is 0. The number of aromatic nitrogens is 4. The number of nitro groups is 1. The number of nitrogens with one attached hydrogen (secondary N) is 1. The molecule has 0 fully saturated rings. The summed E-state index contributed by atoms with van der Waals surface area (Å²) in [6.45, 7) is 0.741. The van der Waals surface area contributed by atoms with Gasteiger partial charge in [0, 0.05) is 13.7 Å². The summed E-state index contributed by atoms with van der Waals surface area (Å²) in [5.74, 6) is -0.523. The minimum atomic E-state index is -0.561. The lowest BCUT2D eigenvalue weighted by Crippen LogP contribution is -2.27. The van der Waals surface area contributed by atoms with E-state index < -0.39 is 10.8 Å². The molecule has 0 atom stereocenters. The molecule has 0 spiro atoms. The Balaban J connectivity index is 1.96. The standard InChI is InChI=1S/C10H12N6O5/c1-20-3-2-11-9(17)10-13-8(14-21-10)6-15-5-7(4-12-15)16(18)19/h4-5H,2-3,6H2,1H3,(H,11,17). The second kappa shape index (κ2) is 6.56. The summed E-state index contributed by atoms with van der Waals surface area (Å²) in [7, 11) is 1.51. The van der Waals surface area contributed by atoms with Gasteiger partial charge >= 0.3 is 17.5 Å². The molecule has 11 nitrogen and oxygen atoms in total. The molecular formula is C10H12N6O5. The van der Waals surface area contributed by atoms with Crippen molar-refractivity contribution in [1.29, 1.82) is 0 Å². The monoisotopic (exact) mass is 296 g/mol. The van der Waals surface area contributed by atoms with Crippen LogP contribution in [0.3, 0.4) is 0 Å². The maximum Gasteiger partial charge on any atom is 0.316 e. The van der Waals surface area contributed by atoms with E-state index in [9.17, 15) is 14.9 Å². The van der Waals surface area contributed by atoms with Crippen molar-refractivity contribution in [1.82, 2.24) is 25.2 Å². The summed E-state index contributed by atoms with van der Waals surface area (Å²) in [6.07, 6.45) is 2.34. The quantitative estimate of drug-likeness (QED) is 0.413. The van der Waals surface area contributed by atoms with E-state index in [2.05, 4.69) is 20.6 Å². The Labute approximate surface area is 118 Å². The number of ether oxygens (including phenoxy) is 1. The largest absolute Gasteiger partial charge is 0.383 e. The van der Waals surface area contributed by atoms with Crippen LogP contribution >= 0.6 is 0 Å². The second-order valence-electron chi connectivity index (χ2n) is 3.92.